The lowest BCUT2D eigenvalue weighted by Gasteiger charge is -2.18. The minimum atomic E-state index is -0.871. The summed E-state index contributed by atoms with van der Waals surface area (Å²) in [5.74, 6) is -0.00840. The largest absolute Gasteiger partial charge is 0.491 e. The molecule has 4 rings (SSSR count). The second-order valence-corrected chi connectivity index (χ2v) is 7.65. The molecule has 1 aliphatic rings. The summed E-state index contributed by atoms with van der Waals surface area (Å²) in [6, 6.07) is 20.3. The van der Waals surface area contributed by atoms with E-state index in [4.69, 9.17) is 19.3 Å². The van der Waals surface area contributed by atoms with Crippen LogP contribution in [0.1, 0.15) is 46.0 Å². The van der Waals surface area contributed by atoms with Crippen molar-refractivity contribution >= 4 is 17.6 Å². The lowest BCUT2D eigenvalue weighted by atomic mass is 9.96. The lowest BCUT2D eigenvalue weighted by Crippen LogP contribution is -2.14. The molecule has 1 aliphatic heterocycles. The summed E-state index contributed by atoms with van der Waals surface area (Å²) >= 11 is 0. The summed E-state index contributed by atoms with van der Waals surface area (Å²) in [5.41, 5.74) is 3.81. The zero-order valence-corrected chi connectivity index (χ0v) is 18.2. The number of methoxy groups -OCH3 is 1. The van der Waals surface area contributed by atoms with Crippen molar-refractivity contribution in [2.24, 2.45) is 0 Å². The molecule has 0 aromatic heterocycles. The van der Waals surface area contributed by atoms with Crippen molar-refractivity contribution in [2.75, 3.05) is 19.0 Å². The second-order valence-electron chi connectivity index (χ2n) is 7.65. The van der Waals surface area contributed by atoms with Gasteiger partial charge in [-0.2, -0.15) is 0 Å². The number of hydrogen-bond donors (Lipinski definition) is 2. The SMILES string of the molecule is COC1c2ccccc2COc2ccc(C(=O)Nc3ccccc3OCCCC(=O)O)cc21. The van der Waals surface area contributed by atoms with Crippen LogP contribution in [0, 0.1) is 0 Å². The minimum absolute atomic E-state index is 0.0233. The molecule has 0 saturated heterocycles. The van der Waals surface area contributed by atoms with E-state index in [1.54, 1.807) is 49.6 Å². The van der Waals surface area contributed by atoms with Gasteiger partial charge >= 0.3 is 5.97 Å². The Morgan fingerprint density at radius 2 is 1.85 bits per heavy atom. The number of fused-ring (bicyclic) bond motifs is 2. The molecule has 1 unspecified atom stereocenters. The van der Waals surface area contributed by atoms with Crippen LogP contribution in [0.25, 0.3) is 0 Å². The summed E-state index contributed by atoms with van der Waals surface area (Å²) in [6.07, 6.45) is 0.0500. The molecule has 0 fully saturated rings. The Morgan fingerprint density at radius 1 is 1.06 bits per heavy atom. The van der Waals surface area contributed by atoms with Gasteiger partial charge in [-0.05, 0) is 47.9 Å². The first kappa shape index (κ1) is 22.4. The number of carbonyl (C=O) groups excluding carboxylic acids is 1. The second kappa shape index (κ2) is 10.2. The molecule has 2 N–H and O–H groups in total. The van der Waals surface area contributed by atoms with Gasteiger partial charge in [0.15, 0.2) is 0 Å². The number of ether oxygens (including phenoxy) is 3. The maximum atomic E-state index is 13.1. The van der Waals surface area contributed by atoms with E-state index in [0.717, 1.165) is 16.7 Å². The molecular formula is C26H25NO6. The Bertz CT molecular complexity index is 1160. The molecule has 1 atom stereocenters. The van der Waals surface area contributed by atoms with Gasteiger partial charge in [0, 0.05) is 24.7 Å². The highest BCUT2D eigenvalue weighted by molar-refractivity contribution is 6.05. The number of hydrogen-bond acceptors (Lipinski definition) is 5. The van der Waals surface area contributed by atoms with Crippen molar-refractivity contribution in [3.63, 3.8) is 0 Å². The number of aliphatic carboxylic acids is 1. The molecule has 0 aliphatic carbocycles. The van der Waals surface area contributed by atoms with Crippen molar-refractivity contribution in [1.82, 2.24) is 0 Å². The van der Waals surface area contributed by atoms with E-state index in [1.165, 1.54) is 0 Å². The molecule has 33 heavy (non-hydrogen) atoms. The minimum Gasteiger partial charge on any atom is -0.491 e. The average molecular weight is 447 g/mol. The average Bonchev–Trinajstić information content (AvgIpc) is 2.98. The number of nitrogens with one attached hydrogen (secondary N) is 1. The van der Waals surface area contributed by atoms with Gasteiger partial charge in [-0.25, -0.2) is 0 Å². The molecule has 7 heteroatoms. The van der Waals surface area contributed by atoms with Gasteiger partial charge in [-0.3, -0.25) is 9.59 Å². The first-order valence-corrected chi connectivity index (χ1v) is 10.7. The Kier molecular flexibility index (Phi) is 6.90. The first-order valence-electron chi connectivity index (χ1n) is 10.7. The van der Waals surface area contributed by atoms with E-state index < -0.39 is 5.97 Å². The summed E-state index contributed by atoms with van der Waals surface area (Å²) in [4.78, 5) is 23.8. The summed E-state index contributed by atoms with van der Waals surface area (Å²) in [5, 5.41) is 11.7. The molecule has 0 radical (unpaired) electrons. The van der Waals surface area contributed by atoms with Crippen LogP contribution in [0.2, 0.25) is 0 Å². The van der Waals surface area contributed by atoms with Gasteiger partial charge in [-0.1, -0.05) is 36.4 Å². The molecule has 0 bridgehead atoms. The Labute approximate surface area is 191 Å². The Morgan fingerprint density at radius 3 is 2.67 bits per heavy atom. The van der Waals surface area contributed by atoms with E-state index >= 15 is 0 Å². The van der Waals surface area contributed by atoms with E-state index in [0.29, 0.717) is 35.8 Å². The van der Waals surface area contributed by atoms with Crippen LogP contribution in [-0.4, -0.2) is 30.7 Å². The Balaban J connectivity index is 1.54. The Hall–Kier alpha value is -3.84. The molecule has 1 heterocycles. The van der Waals surface area contributed by atoms with E-state index in [9.17, 15) is 9.59 Å². The summed E-state index contributed by atoms with van der Waals surface area (Å²) in [6.45, 7) is 0.672. The fourth-order valence-electron chi connectivity index (χ4n) is 3.82. The topological polar surface area (TPSA) is 94.1 Å². The maximum Gasteiger partial charge on any atom is 0.303 e. The number of benzene rings is 3. The zero-order valence-electron chi connectivity index (χ0n) is 18.2. The van der Waals surface area contributed by atoms with Gasteiger partial charge in [0.05, 0.1) is 12.3 Å². The number of amides is 1. The van der Waals surface area contributed by atoms with Crippen LogP contribution < -0.4 is 14.8 Å². The van der Waals surface area contributed by atoms with Gasteiger partial charge in [0.2, 0.25) is 0 Å². The van der Waals surface area contributed by atoms with E-state index in [-0.39, 0.29) is 25.0 Å². The number of anilines is 1. The van der Waals surface area contributed by atoms with Gasteiger partial charge < -0.3 is 24.6 Å². The molecule has 7 nitrogen and oxygen atoms in total. The first-order chi connectivity index (χ1) is 16.1. The fourth-order valence-corrected chi connectivity index (χ4v) is 3.82. The molecule has 1 amide bonds. The standard InChI is InChI=1S/C26H25NO6/c1-31-25-19-8-3-2-7-18(19)16-33-22-13-12-17(15-20(22)25)26(30)27-21-9-4-5-10-23(21)32-14-6-11-24(28)29/h2-5,7-10,12-13,15,25H,6,11,14,16H2,1H3,(H,27,30)(H,28,29). The predicted molar refractivity (Wildman–Crippen MR) is 123 cm³/mol. The number of rotatable bonds is 8. The van der Waals surface area contributed by atoms with Crippen molar-refractivity contribution in [2.45, 2.75) is 25.6 Å². The molecule has 0 spiro atoms. The lowest BCUT2D eigenvalue weighted by molar-refractivity contribution is -0.137. The predicted octanol–water partition coefficient (Wildman–Crippen LogP) is 4.81. The van der Waals surface area contributed by atoms with Crippen molar-refractivity contribution in [3.8, 4) is 11.5 Å². The molecular weight excluding hydrogens is 422 g/mol. The van der Waals surface area contributed by atoms with Crippen LogP contribution in [0.3, 0.4) is 0 Å². The van der Waals surface area contributed by atoms with Crippen LogP contribution in [0.5, 0.6) is 11.5 Å². The smallest absolute Gasteiger partial charge is 0.303 e. The molecule has 3 aromatic carbocycles. The number of para-hydroxylation sites is 2. The van der Waals surface area contributed by atoms with E-state index in [2.05, 4.69) is 5.32 Å². The number of carboxylic acid groups (broad SMARTS) is 1. The normalized spacial score (nSPS) is 14.3. The fraction of sp³-hybridized carbons (Fsp3) is 0.231. The van der Waals surface area contributed by atoms with Crippen molar-refractivity contribution in [3.05, 3.63) is 89.0 Å². The van der Waals surface area contributed by atoms with Gasteiger partial charge in [0.25, 0.3) is 5.91 Å². The third-order valence-electron chi connectivity index (χ3n) is 5.44. The number of carboxylic acids is 1. The maximum absolute atomic E-state index is 13.1. The third-order valence-corrected chi connectivity index (χ3v) is 5.44. The molecule has 3 aromatic rings. The summed E-state index contributed by atoms with van der Waals surface area (Å²) in [7, 11) is 1.64. The van der Waals surface area contributed by atoms with Gasteiger partial charge in [-0.15, -0.1) is 0 Å². The van der Waals surface area contributed by atoms with Crippen LogP contribution >= 0.6 is 0 Å². The van der Waals surface area contributed by atoms with Crippen LogP contribution in [0.15, 0.2) is 66.7 Å². The van der Waals surface area contributed by atoms with Crippen LogP contribution in [-0.2, 0) is 16.1 Å². The highest BCUT2D eigenvalue weighted by Gasteiger charge is 2.25. The van der Waals surface area contributed by atoms with Crippen LogP contribution in [0.4, 0.5) is 5.69 Å². The number of carbonyl (C=O) groups is 2. The quantitative estimate of drug-likeness (QED) is 0.481. The zero-order chi connectivity index (χ0) is 23.2. The van der Waals surface area contributed by atoms with Gasteiger partial charge in [0.1, 0.15) is 24.2 Å². The third kappa shape index (κ3) is 5.15. The highest BCUT2D eigenvalue weighted by Crippen LogP contribution is 2.38. The molecule has 0 saturated carbocycles. The monoisotopic (exact) mass is 447 g/mol. The molecule has 170 valence electrons. The van der Waals surface area contributed by atoms with Crippen molar-refractivity contribution in [1.29, 1.82) is 0 Å². The highest BCUT2D eigenvalue weighted by atomic mass is 16.5. The van der Waals surface area contributed by atoms with E-state index in [1.807, 2.05) is 24.3 Å². The van der Waals surface area contributed by atoms with Crippen molar-refractivity contribution < 1.29 is 28.9 Å². The summed E-state index contributed by atoms with van der Waals surface area (Å²) < 4.78 is 17.5.